The van der Waals surface area contributed by atoms with Crippen LogP contribution in [0.15, 0.2) is 36.4 Å². The van der Waals surface area contributed by atoms with Crippen LogP contribution in [0.25, 0.3) is 39.7 Å². The molecular weight excluding hydrogens is 393 g/mol. The molecule has 5 rings (SSSR count). The number of thiophene rings is 4. The maximum Gasteiger partial charge on any atom is 0.0531 e. The van der Waals surface area contributed by atoms with Crippen molar-refractivity contribution in [1.82, 2.24) is 0 Å². The first-order valence-corrected chi connectivity index (χ1v) is 11.9. The van der Waals surface area contributed by atoms with Crippen LogP contribution >= 0.6 is 45.3 Å². The Labute approximate surface area is 169 Å². The maximum absolute atomic E-state index is 2.40. The Kier molecular flexibility index (Phi) is 3.87. The summed E-state index contributed by atoms with van der Waals surface area (Å²) in [6.07, 6.45) is 0. The number of hydrogen-bond acceptors (Lipinski definition) is 4. The third-order valence-corrected chi connectivity index (χ3v) is 9.83. The molecule has 130 valence electrons. The third-order valence-electron chi connectivity index (χ3n) is 5.01. The first-order valence-electron chi connectivity index (χ1n) is 8.61. The van der Waals surface area contributed by atoms with Crippen molar-refractivity contribution in [2.45, 2.75) is 27.7 Å². The molecule has 0 aliphatic rings. The molecule has 0 aliphatic heterocycles. The maximum atomic E-state index is 2.40. The normalized spacial score (nSPS) is 11.8. The quantitative estimate of drug-likeness (QED) is 0.273. The Hall–Kier alpha value is -1.46. The molecule has 0 amide bonds. The average molecular weight is 411 g/mol. The van der Waals surface area contributed by atoms with Gasteiger partial charge in [-0.15, -0.1) is 45.3 Å². The van der Waals surface area contributed by atoms with Gasteiger partial charge in [-0.2, -0.15) is 0 Å². The number of benzene rings is 1. The average Bonchev–Trinajstić information content (AvgIpc) is 3.36. The highest BCUT2D eigenvalue weighted by Crippen LogP contribution is 2.47. The molecule has 5 aromatic rings. The predicted molar refractivity (Wildman–Crippen MR) is 123 cm³/mol. The molecule has 0 unspecified atom stereocenters. The minimum atomic E-state index is 1.38. The summed E-state index contributed by atoms with van der Waals surface area (Å²) in [4.78, 5) is 8.33. The number of fused-ring (bicyclic) bond motifs is 3. The van der Waals surface area contributed by atoms with Crippen molar-refractivity contribution in [3.8, 4) is 19.5 Å². The standard InChI is InChI=1S/C22H18S4/c1-11-5-7-17(23-11)19-9-15-13(3)14(4)16-10-20(18-8-6-12(2)24-18)26-22(16)21(15)25-19/h5-10H,1-4H3. The van der Waals surface area contributed by atoms with Gasteiger partial charge in [-0.1, -0.05) is 0 Å². The van der Waals surface area contributed by atoms with E-state index in [4.69, 9.17) is 0 Å². The van der Waals surface area contributed by atoms with E-state index in [-0.39, 0.29) is 0 Å². The lowest BCUT2D eigenvalue weighted by molar-refractivity contribution is 1.43. The molecule has 1 aromatic carbocycles. The Balaban J connectivity index is 1.80. The van der Waals surface area contributed by atoms with Crippen molar-refractivity contribution in [3.05, 3.63) is 57.3 Å². The Bertz CT molecular complexity index is 1170. The lowest BCUT2D eigenvalue weighted by Gasteiger charge is -2.04. The van der Waals surface area contributed by atoms with Crippen molar-refractivity contribution < 1.29 is 0 Å². The van der Waals surface area contributed by atoms with E-state index >= 15 is 0 Å². The van der Waals surface area contributed by atoms with Crippen molar-refractivity contribution in [3.63, 3.8) is 0 Å². The van der Waals surface area contributed by atoms with Crippen LogP contribution in [-0.2, 0) is 0 Å². The third kappa shape index (κ3) is 2.51. The van der Waals surface area contributed by atoms with E-state index < -0.39 is 0 Å². The fourth-order valence-electron chi connectivity index (χ4n) is 3.46. The molecule has 0 saturated heterocycles. The van der Waals surface area contributed by atoms with E-state index in [1.54, 1.807) is 0 Å². The van der Waals surface area contributed by atoms with Gasteiger partial charge in [0.1, 0.15) is 0 Å². The molecule has 0 aliphatic carbocycles. The number of hydrogen-bond donors (Lipinski definition) is 0. The van der Waals surface area contributed by atoms with Crippen LogP contribution in [0.5, 0.6) is 0 Å². The van der Waals surface area contributed by atoms with Crippen LogP contribution in [0.3, 0.4) is 0 Å². The van der Waals surface area contributed by atoms with Crippen LogP contribution in [-0.4, -0.2) is 0 Å². The van der Waals surface area contributed by atoms with Gasteiger partial charge in [-0.25, -0.2) is 0 Å². The molecule has 4 heteroatoms. The van der Waals surface area contributed by atoms with Crippen molar-refractivity contribution in [1.29, 1.82) is 0 Å². The first kappa shape index (κ1) is 16.7. The first-order chi connectivity index (χ1) is 12.5. The topological polar surface area (TPSA) is 0 Å². The highest BCUT2D eigenvalue weighted by atomic mass is 32.1. The van der Waals surface area contributed by atoms with Crippen LogP contribution in [0.2, 0.25) is 0 Å². The molecule has 0 saturated carbocycles. The largest absolute Gasteiger partial charge is 0.140 e. The molecule has 4 heterocycles. The molecule has 0 atom stereocenters. The van der Waals surface area contributed by atoms with E-state index in [9.17, 15) is 0 Å². The summed E-state index contributed by atoms with van der Waals surface area (Å²) in [7, 11) is 0. The highest BCUT2D eigenvalue weighted by molar-refractivity contribution is 7.32. The molecule has 0 N–H and O–H groups in total. The monoisotopic (exact) mass is 410 g/mol. The van der Waals surface area contributed by atoms with Crippen LogP contribution < -0.4 is 0 Å². The minimum absolute atomic E-state index is 1.38. The zero-order valence-electron chi connectivity index (χ0n) is 15.1. The second kappa shape index (κ2) is 6.03. The van der Waals surface area contributed by atoms with Crippen LogP contribution in [0, 0.1) is 27.7 Å². The minimum Gasteiger partial charge on any atom is -0.140 e. The number of rotatable bonds is 2. The predicted octanol–water partition coefficient (Wildman–Crippen LogP) is 8.81. The fourth-order valence-corrected chi connectivity index (χ4v) is 7.94. The van der Waals surface area contributed by atoms with Gasteiger partial charge in [0.2, 0.25) is 0 Å². The van der Waals surface area contributed by atoms with Gasteiger partial charge >= 0.3 is 0 Å². The van der Waals surface area contributed by atoms with Crippen LogP contribution in [0.4, 0.5) is 0 Å². The van der Waals surface area contributed by atoms with Gasteiger partial charge in [0.25, 0.3) is 0 Å². The molecule has 0 radical (unpaired) electrons. The van der Waals surface area contributed by atoms with E-state index in [0.717, 1.165) is 0 Å². The zero-order valence-corrected chi connectivity index (χ0v) is 18.4. The molecule has 0 nitrogen and oxygen atoms in total. The van der Waals surface area contributed by atoms with Gasteiger partial charge in [-0.3, -0.25) is 0 Å². The summed E-state index contributed by atoms with van der Waals surface area (Å²) < 4.78 is 2.90. The summed E-state index contributed by atoms with van der Waals surface area (Å²) >= 11 is 7.69. The number of aryl methyl sites for hydroxylation is 4. The summed E-state index contributed by atoms with van der Waals surface area (Å²) in [5, 5.41) is 2.86. The van der Waals surface area contributed by atoms with E-state index in [0.29, 0.717) is 0 Å². The summed E-state index contributed by atoms with van der Waals surface area (Å²) in [6, 6.07) is 13.8. The van der Waals surface area contributed by atoms with Gasteiger partial charge in [-0.05, 0) is 86.0 Å². The second-order valence-electron chi connectivity index (χ2n) is 6.78. The molecular formula is C22H18S4. The lowest BCUT2D eigenvalue weighted by Crippen LogP contribution is -1.81. The molecule has 0 spiro atoms. The van der Waals surface area contributed by atoms with Gasteiger partial charge in [0.05, 0.1) is 9.40 Å². The zero-order chi connectivity index (χ0) is 18.0. The molecule has 26 heavy (non-hydrogen) atoms. The lowest BCUT2D eigenvalue weighted by atomic mass is 10.0. The molecule has 4 aromatic heterocycles. The molecule has 0 bridgehead atoms. The highest BCUT2D eigenvalue weighted by Gasteiger charge is 2.17. The smallest absolute Gasteiger partial charge is 0.0531 e. The second-order valence-corrected chi connectivity index (χ2v) is 11.5. The van der Waals surface area contributed by atoms with E-state index in [2.05, 4.69) is 64.1 Å². The fraction of sp³-hybridized carbons (Fsp3) is 0.182. The summed E-state index contributed by atoms with van der Waals surface area (Å²) in [5.41, 5.74) is 2.85. The summed E-state index contributed by atoms with van der Waals surface area (Å²) in [5.74, 6) is 0. The van der Waals surface area contributed by atoms with Crippen molar-refractivity contribution in [2.24, 2.45) is 0 Å². The van der Waals surface area contributed by atoms with Crippen molar-refractivity contribution >= 4 is 65.5 Å². The van der Waals surface area contributed by atoms with Crippen molar-refractivity contribution in [2.75, 3.05) is 0 Å². The van der Waals surface area contributed by atoms with Gasteiger partial charge in [0, 0.05) is 29.3 Å². The Morgan fingerprint density at radius 3 is 1.27 bits per heavy atom. The Morgan fingerprint density at radius 2 is 0.923 bits per heavy atom. The van der Waals surface area contributed by atoms with Gasteiger partial charge in [0.15, 0.2) is 0 Å². The van der Waals surface area contributed by atoms with Crippen LogP contribution in [0.1, 0.15) is 20.9 Å². The van der Waals surface area contributed by atoms with Gasteiger partial charge < -0.3 is 0 Å². The summed E-state index contributed by atoms with van der Waals surface area (Å²) in [6.45, 7) is 8.92. The van der Waals surface area contributed by atoms with E-state index in [1.807, 2.05) is 45.3 Å². The molecule has 0 fully saturated rings. The SMILES string of the molecule is Cc1ccc(-c2cc3c(C)c(C)c4cc(-c5ccc(C)s5)sc4c3s2)s1. The Morgan fingerprint density at radius 1 is 0.500 bits per heavy atom. The van der Waals surface area contributed by atoms with E-state index in [1.165, 1.54) is 60.6 Å².